The molecule has 0 aliphatic rings. The van der Waals surface area contributed by atoms with E-state index in [4.69, 9.17) is 4.74 Å². The second-order valence-electron chi connectivity index (χ2n) is 7.17. The number of ether oxygens (including phenoxy) is 1. The molecule has 0 spiro atoms. The van der Waals surface area contributed by atoms with E-state index in [0.717, 1.165) is 17.7 Å². The number of fused-ring (bicyclic) bond motifs is 1. The zero-order valence-corrected chi connectivity index (χ0v) is 18.4. The fourth-order valence-corrected chi connectivity index (χ4v) is 3.63. The maximum atomic E-state index is 13.5. The standard InChI is InChI=1S/C23H28N4O4/c1-5-25(6-2)13-14-26-20-19(18(15-16(4)24-20)22(29)31-7-3)21(28)27(23(26)30)17-11-9-8-10-12-17/h8-12,15H,5-7,13-14H2,1-4H3. The number of carbonyl (C=O) groups is 1. The first kappa shape index (κ1) is 22.4. The van der Waals surface area contributed by atoms with Crippen LogP contribution in [0.2, 0.25) is 0 Å². The number of para-hydroxylation sites is 1. The SMILES string of the molecule is CCOC(=O)c1cc(C)nc2c1c(=O)n(-c1ccccc1)c(=O)n2CCN(CC)CC. The van der Waals surface area contributed by atoms with Crippen LogP contribution in [0.4, 0.5) is 0 Å². The van der Waals surface area contributed by atoms with Gasteiger partial charge in [0.05, 0.1) is 23.2 Å². The van der Waals surface area contributed by atoms with Crippen molar-refractivity contribution >= 4 is 17.0 Å². The van der Waals surface area contributed by atoms with Crippen LogP contribution in [0.25, 0.3) is 16.7 Å². The quantitative estimate of drug-likeness (QED) is 0.516. The monoisotopic (exact) mass is 424 g/mol. The minimum absolute atomic E-state index is 0.0899. The molecule has 0 saturated carbocycles. The lowest BCUT2D eigenvalue weighted by Crippen LogP contribution is -2.42. The first-order chi connectivity index (χ1) is 14.9. The lowest BCUT2D eigenvalue weighted by molar-refractivity contribution is 0.0528. The molecule has 0 unspecified atom stereocenters. The van der Waals surface area contributed by atoms with Gasteiger partial charge in [-0.3, -0.25) is 9.36 Å². The number of likely N-dealkylation sites (N-methyl/N-ethyl adjacent to an activating group) is 1. The summed E-state index contributed by atoms with van der Waals surface area (Å²) in [5.74, 6) is -0.608. The molecule has 1 aromatic carbocycles. The summed E-state index contributed by atoms with van der Waals surface area (Å²) >= 11 is 0. The van der Waals surface area contributed by atoms with Gasteiger partial charge in [0, 0.05) is 18.8 Å². The van der Waals surface area contributed by atoms with Crippen molar-refractivity contribution in [2.24, 2.45) is 0 Å². The molecule has 0 fully saturated rings. The van der Waals surface area contributed by atoms with E-state index >= 15 is 0 Å². The van der Waals surface area contributed by atoms with Crippen molar-refractivity contribution in [3.05, 3.63) is 68.5 Å². The summed E-state index contributed by atoms with van der Waals surface area (Å²) in [6.45, 7) is 10.3. The van der Waals surface area contributed by atoms with Gasteiger partial charge in [-0.05, 0) is 45.1 Å². The summed E-state index contributed by atoms with van der Waals surface area (Å²) in [7, 11) is 0. The molecule has 2 heterocycles. The largest absolute Gasteiger partial charge is 0.462 e. The Morgan fingerprint density at radius 1 is 1.10 bits per heavy atom. The van der Waals surface area contributed by atoms with Crippen LogP contribution in [0.15, 0.2) is 46.0 Å². The summed E-state index contributed by atoms with van der Waals surface area (Å²) in [6.07, 6.45) is 0. The average Bonchev–Trinajstić information content (AvgIpc) is 2.76. The predicted octanol–water partition coefficient (Wildman–Crippen LogP) is 2.37. The van der Waals surface area contributed by atoms with Crippen molar-refractivity contribution in [3.63, 3.8) is 0 Å². The van der Waals surface area contributed by atoms with Crippen LogP contribution in [0.3, 0.4) is 0 Å². The topological polar surface area (TPSA) is 86.4 Å². The molecule has 31 heavy (non-hydrogen) atoms. The number of rotatable bonds is 8. The molecule has 0 radical (unpaired) electrons. The minimum Gasteiger partial charge on any atom is -0.462 e. The normalized spacial score (nSPS) is 11.3. The van der Waals surface area contributed by atoms with Crippen molar-refractivity contribution in [1.29, 1.82) is 0 Å². The van der Waals surface area contributed by atoms with Crippen molar-refractivity contribution in [2.45, 2.75) is 34.2 Å². The molecular formula is C23H28N4O4. The van der Waals surface area contributed by atoms with Gasteiger partial charge in [0.2, 0.25) is 0 Å². The van der Waals surface area contributed by atoms with E-state index in [1.165, 1.54) is 10.6 Å². The third-order valence-corrected chi connectivity index (χ3v) is 5.27. The van der Waals surface area contributed by atoms with E-state index in [2.05, 4.69) is 23.7 Å². The van der Waals surface area contributed by atoms with Gasteiger partial charge >= 0.3 is 11.7 Å². The number of esters is 1. The first-order valence-electron chi connectivity index (χ1n) is 10.5. The van der Waals surface area contributed by atoms with Gasteiger partial charge in [-0.25, -0.2) is 19.1 Å². The Hall–Kier alpha value is -3.26. The average molecular weight is 425 g/mol. The highest BCUT2D eigenvalue weighted by Crippen LogP contribution is 2.17. The lowest BCUT2D eigenvalue weighted by Gasteiger charge is -2.20. The summed E-state index contributed by atoms with van der Waals surface area (Å²) in [5.41, 5.74) is 0.229. The minimum atomic E-state index is -0.608. The maximum absolute atomic E-state index is 13.5. The smallest absolute Gasteiger partial charge is 0.339 e. The predicted molar refractivity (Wildman–Crippen MR) is 120 cm³/mol. The first-order valence-corrected chi connectivity index (χ1v) is 10.5. The van der Waals surface area contributed by atoms with Crippen LogP contribution in [0, 0.1) is 6.92 Å². The number of carbonyl (C=O) groups excluding carboxylic acids is 1. The number of aromatic nitrogens is 3. The third kappa shape index (κ3) is 4.44. The van der Waals surface area contributed by atoms with E-state index in [-0.39, 0.29) is 23.2 Å². The summed E-state index contributed by atoms with van der Waals surface area (Å²) in [6, 6.07) is 10.2. The molecule has 3 aromatic rings. The van der Waals surface area contributed by atoms with E-state index in [1.807, 2.05) is 6.07 Å². The van der Waals surface area contributed by atoms with Gasteiger partial charge in [-0.1, -0.05) is 32.0 Å². The highest BCUT2D eigenvalue weighted by molar-refractivity contribution is 6.02. The number of hydrogen-bond acceptors (Lipinski definition) is 6. The van der Waals surface area contributed by atoms with Gasteiger partial charge in [0.1, 0.15) is 0 Å². The second kappa shape index (κ2) is 9.70. The molecule has 2 aromatic heterocycles. The Bertz CT molecular complexity index is 1190. The van der Waals surface area contributed by atoms with Crippen LogP contribution in [-0.2, 0) is 11.3 Å². The zero-order valence-electron chi connectivity index (χ0n) is 18.4. The molecule has 0 bridgehead atoms. The number of pyridine rings is 1. The number of benzene rings is 1. The fraction of sp³-hybridized carbons (Fsp3) is 0.391. The molecule has 3 rings (SSSR count). The van der Waals surface area contributed by atoms with Gasteiger partial charge in [0.25, 0.3) is 5.56 Å². The van der Waals surface area contributed by atoms with Crippen LogP contribution in [0.1, 0.15) is 36.8 Å². The molecule has 0 atom stereocenters. The molecule has 0 saturated heterocycles. The highest BCUT2D eigenvalue weighted by Gasteiger charge is 2.23. The van der Waals surface area contributed by atoms with E-state index in [9.17, 15) is 14.4 Å². The lowest BCUT2D eigenvalue weighted by atomic mass is 10.1. The molecule has 8 heteroatoms. The Morgan fingerprint density at radius 3 is 2.39 bits per heavy atom. The van der Waals surface area contributed by atoms with E-state index < -0.39 is 17.2 Å². The molecule has 0 aliphatic heterocycles. The highest BCUT2D eigenvalue weighted by atomic mass is 16.5. The third-order valence-electron chi connectivity index (χ3n) is 5.27. The van der Waals surface area contributed by atoms with Crippen molar-refractivity contribution < 1.29 is 9.53 Å². The number of hydrogen-bond donors (Lipinski definition) is 0. The van der Waals surface area contributed by atoms with Gasteiger partial charge in [-0.2, -0.15) is 0 Å². The Balaban J connectivity index is 2.38. The molecule has 164 valence electrons. The molecular weight excluding hydrogens is 396 g/mol. The van der Waals surface area contributed by atoms with Crippen molar-refractivity contribution in [1.82, 2.24) is 19.0 Å². The molecule has 8 nitrogen and oxygen atoms in total. The maximum Gasteiger partial charge on any atom is 0.339 e. The van der Waals surface area contributed by atoms with Crippen molar-refractivity contribution in [2.75, 3.05) is 26.2 Å². The van der Waals surface area contributed by atoms with Gasteiger partial charge in [-0.15, -0.1) is 0 Å². The van der Waals surface area contributed by atoms with Crippen LogP contribution in [-0.4, -0.2) is 51.2 Å². The van der Waals surface area contributed by atoms with Gasteiger partial charge < -0.3 is 9.64 Å². The van der Waals surface area contributed by atoms with Gasteiger partial charge in [0.15, 0.2) is 5.65 Å². The summed E-state index contributed by atoms with van der Waals surface area (Å²) in [5, 5.41) is 0.0899. The summed E-state index contributed by atoms with van der Waals surface area (Å²) < 4.78 is 7.77. The van der Waals surface area contributed by atoms with Crippen molar-refractivity contribution in [3.8, 4) is 5.69 Å². The number of aryl methyl sites for hydroxylation is 1. The van der Waals surface area contributed by atoms with Crippen LogP contribution < -0.4 is 11.2 Å². The molecule has 0 N–H and O–H groups in total. The Morgan fingerprint density at radius 2 is 1.77 bits per heavy atom. The molecule has 0 amide bonds. The summed E-state index contributed by atoms with van der Waals surface area (Å²) in [4.78, 5) is 46.3. The fourth-order valence-electron chi connectivity index (χ4n) is 3.63. The van der Waals surface area contributed by atoms with E-state index in [0.29, 0.717) is 24.5 Å². The van der Waals surface area contributed by atoms with Crippen LogP contribution in [0.5, 0.6) is 0 Å². The zero-order chi connectivity index (χ0) is 22.5. The second-order valence-corrected chi connectivity index (χ2v) is 7.17. The van der Waals surface area contributed by atoms with Crippen LogP contribution >= 0.6 is 0 Å². The Kier molecular flexibility index (Phi) is 7.02. The van der Waals surface area contributed by atoms with E-state index in [1.54, 1.807) is 38.1 Å². The Labute approximate surface area is 180 Å². The molecule has 0 aliphatic carbocycles. The number of nitrogens with zero attached hydrogens (tertiary/aromatic N) is 4.